The van der Waals surface area contributed by atoms with Crippen LogP contribution in [0.2, 0.25) is 0 Å². The molecule has 4 aromatic rings. The minimum Gasteiger partial charge on any atom is -0.306 e. The van der Waals surface area contributed by atoms with Crippen LogP contribution in [0.3, 0.4) is 0 Å². The van der Waals surface area contributed by atoms with Gasteiger partial charge in [0.05, 0.1) is 11.0 Å². The van der Waals surface area contributed by atoms with Crippen LogP contribution in [0, 0.1) is 0 Å². The Morgan fingerprint density at radius 3 is 2.79 bits per heavy atom. The summed E-state index contributed by atoms with van der Waals surface area (Å²) in [6.07, 6.45) is 8.29. The summed E-state index contributed by atoms with van der Waals surface area (Å²) in [5.41, 5.74) is 4.27. The molecule has 1 aliphatic rings. The van der Waals surface area contributed by atoms with Crippen molar-refractivity contribution >= 4 is 16.7 Å². The third-order valence-corrected chi connectivity index (χ3v) is 5.95. The zero-order valence-electron chi connectivity index (χ0n) is 15.9. The Kier molecular flexibility index (Phi) is 4.49. The number of pyridine rings is 1. The predicted molar refractivity (Wildman–Crippen MR) is 111 cm³/mol. The number of aromatic amines is 1. The number of hydrogen-bond acceptors (Lipinski definition) is 3. The van der Waals surface area contributed by atoms with Crippen LogP contribution in [-0.4, -0.2) is 43.5 Å². The van der Waals surface area contributed by atoms with Crippen molar-refractivity contribution in [3.63, 3.8) is 0 Å². The highest BCUT2D eigenvalue weighted by atomic mass is 16.1. The second kappa shape index (κ2) is 7.28. The van der Waals surface area contributed by atoms with E-state index in [4.69, 9.17) is 0 Å². The molecule has 4 heterocycles. The molecule has 3 aromatic heterocycles. The van der Waals surface area contributed by atoms with E-state index in [-0.39, 0.29) is 5.69 Å². The summed E-state index contributed by atoms with van der Waals surface area (Å²) in [5, 5.41) is 0. The first kappa shape index (κ1) is 17.3. The van der Waals surface area contributed by atoms with Crippen molar-refractivity contribution in [2.75, 3.05) is 19.6 Å². The fourth-order valence-corrected chi connectivity index (χ4v) is 4.49. The van der Waals surface area contributed by atoms with E-state index in [2.05, 4.69) is 31.5 Å². The van der Waals surface area contributed by atoms with Gasteiger partial charge in [0.15, 0.2) is 0 Å². The number of H-pyrrole nitrogens is 1. The van der Waals surface area contributed by atoms with Crippen molar-refractivity contribution in [2.24, 2.45) is 0 Å². The molecule has 0 atom stereocenters. The maximum atomic E-state index is 12.4. The Morgan fingerprint density at radius 1 is 1.07 bits per heavy atom. The zero-order valence-corrected chi connectivity index (χ0v) is 15.9. The quantitative estimate of drug-likeness (QED) is 0.583. The third-order valence-electron chi connectivity index (χ3n) is 5.95. The number of aryl methyl sites for hydroxylation is 1. The predicted octanol–water partition coefficient (Wildman–Crippen LogP) is 3.25. The molecular weight excluding hydrogens is 350 g/mol. The average Bonchev–Trinajstić information content (AvgIpc) is 3.29. The van der Waals surface area contributed by atoms with Gasteiger partial charge in [-0.1, -0.05) is 18.2 Å². The van der Waals surface area contributed by atoms with Crippen molar-refractivity contribution in [3.8, 4) is 0 Å². The SMILES string of the molecule is O=c1[nH]c2ccccc2n1C1CCN(CCCc2cnc3ccccn23)CC1. The van der Waals surface area contributed by atoms with Crippen LogP contribution in [0.1, 0.15) is 31.0 Å². The van der Waals surface area contributed by atoms with Gasteiger partial charge in [0.25, 0.3) is 0 Å². The molecule has 0 saturated carbocycles. The van der Waals surface area contributed by atoms with Gasteiger partial charge in [-0.15, -0.1) is 0 Å². The maximum absolute atomic E-state index is 12.4. The number of para-hydroxylation sites is 2. The molecule has 0 bridgehead atoms. The standard InChI is InChI=1S/C22H25N5O/c28-22-24-19-7-1-2-8-20(19)27(22)17-10-14-25(15-11-17)12-5-6-18-16-23-21-9-3-4-13-26(18)21/h1-4,7-9,13,16-17H,5-6,10-12,14-15H2,(H,24,28). The molecule has 1 fully saturated rings. The number of likely N-dealkylation sites (tertiary alicyclic amines) is 1. The Morgan fingerprint density at radius 2 is 1.89 bits per heavy atom. The van der Waals surface area contributed by atoms with E-state index >= 15 is 0 Å². The lowest BCUT2D eigenvalue weighted by Crippen LogP contribution is -2.37. The lowest BCUT2D eigenvalue weighted by atomic mass is 10.0. The summed E-state index contributed by atoms with van der Waals surface area (Å²) in [4.78, 5) is 22.4. The van der Waals surface area contributed by atoms with E-state index in [9.17, 15) is 4.79 Å². The first-order chi connectivity index (χ1) is 13.8. The van der Waals surface area contributed by atoms with Gasteiger partial charge in [0, 0.05) is 37.2 Å². The van der Waals surface area contributed by atoms with Crippen LogP contribution in [0.25, 0.3) is 16.7 Å². The first-order valence-electron chi connectivity index (χ1n) is 10.1. The van der Waals surface area contributed by atoms with Crippen LogP contribution in [-0.2, 0) is 6.42 Å². The summed E-state index contributed by atoms with van der Waals surface area (Å²) >= 11 is 0. The van der Waals surface area contributed by atoms with Crippen LogP contribution in [0.4, 0.5) is 0 Å². The van der Waals surface area contributed by atoms with E-state index in [1.165, 1.54) is 5.69 Å². The molecule has 1 aliphatic heterocycles. The lowest BCUT2D eigenvalue weighted by Gasteiger charge is -2.32. The van der Waals surface area contributed by atoms with Crippen molar-refractivity contribution < 1.29 is 0 Å². The molecule has 144 valence electrons. The number of hydrogen-bond donors (Lipinski definition) is 1. The number of aromatic nitrogens is 4. The fourth-order valence-electron chi connectivity index (χ4n) is 4.49. The average molecular weight is 375 g/mol. The Labute approximate surface area is 163 Å². The summed E-state index contributed by atoms with van der Waals surface area (Å²) in [5.74, 6) is 0. The van der Waals surface area contributed by atoms with Crippen LogP contribution < -0.4 is 5.69 Å². The monoisotopic (exact) mass is 375 g/mol. The molecular formula is C22H25N5O. The highest BCUT2D eigenvalue weighted by Crippen LogP contribution is 2.25. The fraction of sp³-hybridized carbons (Fsp3) is 0.364. The molecule has 1 aromatic carbocycles. The minimum absolute atomic E-state index is 0.0206. The minimum atomic E-state index is 0.0206. The Balaban J connectivity index is 1.18. The smallest absolute Gasteiger partial charge is 0.306 e. The van der Waals surface area contributed by atoms with Gasteiger partial charge >= 0.3 is 5.69 Å². The van der Waals surface area contributed by atoms with Crippen LogP contribution >= 0.6 is 0 Å². The molecule has 0 amide bonds. The third kappa shape index (κ3) is 3.14. The maximum Gasteiger partial charge on any atom is 0.326 e. The molecule has 5 rings (SSSR count). The van der Waals surface area contributed by atoms with Gasteiger partial charge in [-0.05, 0) is 56.5 Å². The number of imidazole rings is 2. The van der Waals surface area contributed by atoms with Gasteiger partial charge in [0.1, 0.15) is 5.65 Å². The molecule has 0 unspecified atom stereocenters. The van der Waals surface area contributed by atoms with Crippen LogP contribution in [0.5, 0.6) is 0 Å². The summed E-state index contributed by atoms with van der Waals surface area (Å²) in [6.45, 7) is 3.18. The lowest BCUT2D eigenvalue weighted by molar-refractivity contribution is 0.185. The van der Waals surface area contributed by atoms with Crippen molar-refractivity contribution in [1.82, 2.24) is 23.8 Å². The van der Waals surface area contributed by atoms with Crippen molar-refractivity contribution in [2.45, 2.75) is 31.7 Å². The van der Waals surface area contributed by atoms with Gasteiger partial charge in [-0.2, -0.15) is 0 Å². The number of rotatable bonds is 5. The molecule has 1 N–H and O–H groups in total. The molecule has 1 saturated heterocycles. The van der Waals surface area contributed by atoms with E-state index < -0.39 is 0 Å². The largest absolute Gasteiger partial charge is 0.326 e. The van der Waals surface area contributed by atoms with E-state index in [0.717, 1.165) is 62.0 Å². The number of fused-ring (bicyclic) bond motifs is 2. The van der Waals surface area contributed by atoms with Gasteiger partial charge in [-0.3, -0.25) is 4.57 Å². The number of nitrogens with zero attached hydrogens (tertiary/aromatic N) is 4. The highest BCUT2D eigenvalue weighted by Gasteiger charge is 2.23. The molecule has 6 nitrogen and oxygen atoms in total. The van der Waals surface area contributed by atoms with Crippen molar-refractivity contribution in [3.05, 3.63) is 71.0 Å². The second-order valence-corrected chi connectivity index (χ2v) is 7.67. The molecule has 0 aliphatic carbocycles. The van der Waals surface area contributed by atoms with E-state index in [1.807, 2.05) is 47.2 Å². The van der Waals surface area contributed by atoms with E-state index in [0.29, 0.717) is 6.04 Å². The topological polar surface area (TPSA) is 58.3 Å². The van der Waals surface area contributed by atoms with Gasteiger partial charge < -0.3 is 14.3 Å². The Hall–Kier alpha value is -2.86. The second-order valence-electron chi connectivity index (χ2n) is 7.67. The summed E-state index contributed by atoms with van der Waals surface area (Å²) in [7, 11) is 0. The number of benzene rings is 1. The van der Waals surface area contributed by atoms with Crippen molar-refractivity contribution in [1.29, 1.82) is 0 Å². The first-order valence-corrected chi connectivity index (χ1v) is 10.1. The molecule has 6 heteroatoms. The Bertz CT molecular complexity index is 1150. The number of piperidine rings is 1. The summed E-state index contributed by atoms with van der Waals surface area (Å²) in [6, 6.07) is 14.4. The van der Waals surface area contributed by atoms with Gasteiger partial charge in [-0.25, -0.2) is 9.78 Å². The normalized spacial score (nSPS) is 16.3. The highest BCUT2D eigenvalue weighted by molar-refractivity contribution is 5.75. The summed E-state index contributed by atoms with van der Waals surface area (Å²) < 4.78 is 4.14. The van der Waals surface area contributed by atoms with Gasteiger partial charge in [0.2, 0.25) is 0 Å². The molecule has 0 radical (unpaired) electrons. The zero-order chi connectivity index (χ0) is 18.9. The van der Waals surface area contributed by atoms with Crippen LogP contribution in [0.15, 0.2) is 59.7 Å². The molecule has 0 spiro atoms. The molecule has 28 heavy (non-hydrogen) atoms. The number of nitrogens with one attached hydrogen (secondary N) is 1. The van der Waals surface area contributed by atoms with E-state index in [1.54, 1.807) is 0 Å².